The first-order valence-electron chi connectivity index (χ1n) is 7.00. The van der Waals surface area contributed by atoms with Gasteiger partial charge >= 0.3 is 0 Å². The SMILES string of the molecule is CCN(CCC(NC(C)C)C(N)=O)c1ccc(F)cc1. The predicted octanol–water partition coefficient (Wildman–Crippen LogP) is 1.89. The fourth-order valence-corrected chi connectivity index (χ4v) is 2.12. The fourth-order valence-electron chi connectivity index (χ4n) is 2.12. The molecule has 0 aliphatic heterocycles. The molecule has 1 amide bonds. The lowest BCUT2D eigenvalue weighted by Crippen LogP contribution is -2.46. The highest BCUT2D eigenvalue weighted by atomic mass is 19.1. The standard InChI is InChI=1S/C15H24FN3O/c1-4-19(13-7-5-12(16)6-8-13)10-9-14(15(17)20)18-11(2)3/h5-8,11,14,18H,4,9-10H2,1-3H3,(H2,17,20). The molecule has 4 nitrogen and oxygen atoms in total. The van der Waals surface area contributed by atoms with E-state index in [2.05, 4.69) is 10.2 Å². The quantitative estimate of drug-likeness (QED) is 0.765. The average Bonchev–Trinajstić information content (AvgIpc) is 2.39. The van der Waals surface area contributed by atoms with Crippen molar-refractivity contribution in [1.29, 1.82) is 0 Å². The second-order valence-corrected chi connectivity index (χ2v) is 5.12. The summed E-state index contributed by atoms with van der Waals surface area (Å²) in [4.78, 5) is 13.5. The summed E-state index contributed by atoms with van der Waals surface area (Å²) in [5, 5.41) is 3.16. The van der Waals surface area contributed by atoms with Crippen molar-refractivity contribution in [2.24, 2.45) is 5.73 Å². The summed E-state index contributed by atoms with van der Waals surface area (Å²) < 4.78 is 12.9. The third-order valence-electron chi connectivity index (χ3n) is 3.14. The second-order valence-electron chi connectivity index (χ2n) is 5.12. The molecule has 1 rings (SSSR count). The third kappa shape index (κ3) is 5.17. The van der Waals surface area contributed by atoms with Crippen LogP contribution in [0.1, 0.15) is 27.2 Å². The molecule has 0 radical (unpaired) electrons. The number of carbonyl (C=O) groups excluding carboxylic acids is 1. The summed E-state index contributed by atoms with van der Waals surface area (Å²) in [5.74, 6) is -0.588. The van der Waals surface area contributed by atoms with E-state index in [1.165, 1.54) is 12.1 Å². The summed E-state index contributed by atoms with van der Waals surface area (Å²) >= 11 is 0. The van der Waals surface area contributed by atoms with Crippen molar-refractivity contribution in [2.45, 2.75) is 39.3 Å². The largest absolute Gasteiger partial charge is 0.372 e. The van der Waals surface area contributed by atoms with Crippen molar-refractivity contribution >= 4 is 11.6 Å². The van der Waals surface area contributed by atoms with Gasteiger partial charge in [0.2, 0.25) is 5.91 Å². The van der Waals surface area contributed by atoms with Crippen LogP contribution in [0.25, 0.3) is 0 Å². The number of nitrogens with one attached hydrogen (secondary N) is 1. The summed E-state index contributed by atoms with van der Waals surface area (Å²) in [6.45, 7) is 7.47. The van der Waals surface area contributed by atoms with Crippen molar-refractivity contribution < 1.29 is 9.18 Å². The highest BCUT2D eigenvalue weighted by Crippen LogP contribution is 2.15. The fraction of sp³-hybridized carbons (Fsp3) is 0.533. The molecule has 0 aliphatic carbocycles. The van der Waals surface area contributed by atoms with Gasteiger partial charge in [0.05, 0.1) is 6.04 Å². The van der Waals surface area contributed by atoms with Gasteiger partial charge in [-0.05, 0) is 37.6 Å². The maximum absolute atomic E-state index is 12.9. The number of hydrogen-bond acceptors (Lipinski definition) is 3. The third-order valence-corrected chi connectivity index (χ3v) is 3.14. The smallest absolute Gasteiger partial charge is 0.234 e. The molecular weight excluding hydrogens is 257 g/mol. The van der Waals surface area contributed by atoms with Crippen molar-refractivity contribution in [3.05, 3.63) is 30.1 Å². The minimum absolute atomic E-state index is 0.202. The van der Waals surface area contributed by atoms with Crippen LogP contribution in [0.5, 0.6) is 0 Å². The van der Waals surface area contributed by atoms with Crippen LogP contribution in [0, 0.1) is 5.82 Å². The van der Waals surface area contributed by atoms with Gasteiger partial charge in [0, 0.05) is 24.8 Å². The number of halogens is 1. The molecule has 0 heterocycles. The lowest BCUT2D eigenvalue weighted by molar-refractivity contribution is -0.120. The molecule has 0 saturated heterocycles. The Balaban J connectivity index is 2.63. The first-order valence-corrected chi connectivity index (χ1v) is 7.00. The van der Waals surface area contributed by atoms with E-state index in [0.29, 0.717) is 13.0 Å². The van der Waals surface area contributed by atoms with Crippen molar-refractivity contribution in [3.8, 4) is 0 Å². The Bertz CT molecular complexity index is 420. The highest BCUT2D eigenvalue weighted by Gasteiger charge is 2.17. The van der Waals surface area contributed by atoms with Crippen LogP contribution in [0.4, 0.5) is 10.1 Å². The van der Waals surface area contributed by atoms with Gasteiger partial charge in [-0.15, -0.1) is 0 Å². The van der Waals surface area contributed by atoms with Crippen LogP contribution in [-0.2, 0) is 4.79 Å². The maximum Gasteiger partial charge on any atom is 0.234 e. The average molecular weight is 281 g/mol. The Morgan fingerprint density at radius 2 is 1.95 bits per heavy atom. The van der Waals surface area contributed by atoms with E-state index in [9.17, 15) is 9.18 Å². The molecule has 0 aromatic heterocycles. The number of primary amides is 1. The second kappa shape index (κ2) is 7.85. The van der Waals surface area contributed by atoms with Gasteiger partial charge in [0.15, 0.2) is 0 Å². The molecule has 0 aliphatic rings. The van der Waals surface area contributed by atoms with Crippen molar-refractivity contribution in [2.75, 3.05) is 18.0 Å². The van der Waals surface area contributed by atoms with E-state index in [-0.39, 0.29) is 23.8 Å². The number of benzene rings is 1. The zero-order chi connectivity index (χ0) is 15.1. The molecule has 5 heteroatoms. The van der Waals surface area contributed by atoms with E-state index >= 15 is 0 Å². The van der Waals surface area contributed by atoms with E-state index < -0.39 is 0 Å². The maximum atomic E-state index is 12.9. The van der Waals surface area contributed by atoms with Gasteiger partial charge in [-0.3, -0.25) is 4.79 Å². The first-order chi connectivity index (χ1) is 9.43. The number of anilines is 1. The van der Waals surface area contributed by atoms with Gasteiger partial charge in [0.1, 0.15) is 5.82 Å². The molecule has 0 saturated carbocycles. The van der Waals surface area contributed by atoms with Crippen LogP contribution in [0.15, 0.2) is 24.3 Å². The van der Waals surface area contributed by atoms with Crippen molar-refractivity contribution in [3.63, 3.8) is 0 Å². The summed E-state index contributed by atoms with van der Waals surface area (Å²) in [7, 11) is 0. The Labute approximate surface area is 120 Å². The van der Waals surface area contributed by atoms with E-state index in [4.69, 9.17) is 5.73 Å². The minimum Gasteiger partial charge on any atom is -0.372 e. The molecule has 112 valence electrons. The Morgan fingerprint density at radius 3 is 2.40 bits per heavy atom. The molecule has 1 aromatic rings. The molecule has 20 heavy (non-hydrogen) atoms. The molecule has 1 aromatic carbocycles. The van der Waals surface area contributed by atoms with Crippen molar-refractivity contribution in [1.82, 2.24) is 5.32 Å². The monoisotopic (exact) mass is 281 g/mol. The minimum atomic E-state index is -0.343. The van der Waals surface area contributed by atoms with Gasteiger partial charge in [-0.25, -0.2) is 4.39 Å². The summed E-state index contributed by atoms with van der Waals surface area (Å²) in [6, 6.07) is 6.23. The molecule has 0 spiro atoms. The number of hydrogen-bond donors (Lipinski definition) is 2. The van der Waals surface area contributed by atoms with Gasteiger partial charge < -0.3 is 16.0 Å². The Hall–Kier alpha value is -1.62. The van der Waals surface area contributed by atoms with Crippen LogP contribution in [-0.4, -0.2) is 31.1 Å². The van der Waals surface area contributed by atoms with Crippen LogP contribution < -0.4 is 16.0 Å². The number of amides is 1. The zero-order valence-corrected chi connectivity index (χ0v) is 12.4. The van der Waals surface area contributed by atoms with E-state index in [1.54, 1.807) is 12.1 Å². The molecule has 1 unspecified atom stereocenters. The lowest BCUT2D eigenvalue weighted by Gasteiger charge is -2.26. The predicted molar refractivity (Wildman–Crippen MR) is 80.2 cm³/mol. The Morgan fingerprint density at radius 1 is 1.35 bits per heavy atom. The number of nitrogens with two attached hydrogens (primary N) is 1. The van der Waals surface area contributed by atoms with E-state index in [1.807, 2.05) is 20.8 Å². The molecule has 0 fully saturated rings. The van der Waals surface area contributed by atoms with Gasteiger partial charge in [-0.1, -0.05) is 13.8 Å². The van der Waals surface area contributed by atoms with Crippen LogP contribution in [0.2, 0.25) is 0 Å². The topological polar surface area (TPSA) is 58.4 Å². The number of carbonyl (C=O) groups is 1. The van der Waals surface area contributed by atoms with Gasteiger partial charge in [-0.2, -0.15) is 0 Å². The van der Waals surface area contributed by atoms with E-state index in [0.717, 1.165) is 12.2 Å². The molecular formula is C15H24FN3O. The van der Waals surface area contributed by atoms with Crippen LogP contribution in [0.3, 0.4) is 0 Å². The van der Waals surface area contributed by atoms with Crippen LogP contribution >= 0.6 is 0 Å². The molecule has 1 atom stereocenters. The summed E-state index contributed by atoms with van der Waals surface area (Å²) in [5.41, 5.74) is 6.35. The molecule has 0 bridgehead atoms. The normalized spacial score (nSPS) is 12.4. The number of nitrogens with zero attached hydrogens (tertiary/aromatic N) is 1. The highest BCUT2D eigenvalue weighted by molar-refractivity contribution is 5.79. The first kappa shape index (κ1) is 16.4. The molecule has 3 N–H and O–H groups in total. The zero-order valence-electron chi connectivity index (χ0n) is 12.4. The summed E-state index contributed by atoms with van der Waals surface area (Å²) in [6.07, 6.45) is 0.624. The number of rotatable bonds is 8. The Kier molecular flexibility index (Phi) is 6.45. The van der Waals surface area contributed by atoms with Gasteiger partial charge in [0.25, 0.3) is 0 Å². The lowest BCUT2D eigenvalue weighted by atomic mass is 10.1.